The number of alkyl halides is 3. The molecule has 0 aliphatic carbocycles. The average molecular weight is 429 g/mol. The monoisotopic (exact) mass is 429 g/mol. The molecule has 30 heavy (non-hydrogen) atoms. The zero-order chi connectivity index (χ0) is 22.1. The van der Waals surface area contributed by atoms with E-state index in [-0.39, 0.29) is 6.61 Å². The maximum Gasteiger partial charge on any atom is 0.435 e. The summed E-state index contributed by atoms with van der Waals surface area (Å²) in [4.78, 5) is 3.64. The van der Waals surface area contributed by atoms with Crippen LogP contribution in [-0.2, 0) is 19.8 Å². The Hall–Kier alpha value is -3.37. The Morgan fingerprint density at radius 2 is 1.73 bits per heavy atom. The lowest BCUT2D eigenvalue weighted by Crippen LogP contribution is -2.07. The van der Waals surface area contributed by atoms with Gasteiger partial charge < -0.3 is 14.2 Å². The van der Waals surface area contributed by atoms with Crippen LogP contribution >= 0.6 is 0 Å². The van der Waals surface area contributed by atoms with E-state index in [2.05, 4.69) is 10.1 Å². The number of benzene rings is 1. The second-order valence-corrected chi connectivity index (χ2v) is 6.19. The van der Waals surface area contributed by atoms with Gasteiger partial charge in [0.05, 0.1) is 7.11 Å². The number of nitrogens with zero attached hydrogens (tertiary/aromatic N) is 3. The molecule has 0 N–H and O–H groups in total. The third-order valence-corrected chi connectivity index (χ3v) is 4.14. The molecule has 0 fully saturated rings. The van der Waals surface area contributed by atoms with Gasteiger partial charge in [0, 0.05) is 13.1 Å². The van der Waals surface area contributed by atoms with Crippen molar-refractivity contribution >= 4 is 0 Å². The summed E-state index contributed by atoms with van der Waals surface area (Å²) in [6.07, 6.45) is -4.73. The lowest BCUT2D eigenvalue weighted by atomic mass is 10.1. The minimum atomic E-state index is -4.73. The van der Waals surface area contributed by atoms with Crippen LogP contribution in [0.1, 0.15) is 16.8 Å². The predicted octanol–water partition coefficient (Wildman–Crippen LogP) is 4.80. The highest BCUT2D eigenvalue weighted by molar-refractivity contribution is 5.39. The number of aromatic nitrogens is 3. The van der Waals surface area contributed by atoms with Crippen LogP contribution in [0.3, 0.4) is 0 Å². The van der Waals surface area contributed by atoms with Gasteiger partial charge in [-0.25, -0.2) is 4.68 Å². The third kappa shape index (κ3) is 4.29. The normalized spacial score (nSPS) is 11.5. The van der Waals surface area contributed by atoms with Crippen LogP contribution in [0.2, 0.25) is 0 Å². The molecule has 0 aliphatic heterocycles. The van der Waals surface area contributed by atoms with Crippen molar-refractivity contribution in [3.8, 4) is 23.4 Å². The molecule has 0 spiro atoms. The summed E-state index contributed by atoms with van der Waals surface area (Å²) in [5.74, 6) is -5.33. The summed E-state index contributed by atoms with van der Waals surface area (Å²) >= 11 is 0. The summed E-state index contributed by atoms with van der Waals surface area (Å²) < 4.78 is 83.4. The number of methoxy groups -OCH3 is 1. The van der Waals surface area contributed by atoms with Crippen molar-refractivity contribution < 1.29 is 36.2 Å². The molecule has 0 saturated heterocycles. The minimum Gasteiger partial charge on any atom is -0.491 e. The first-order chi connectivity index (χ1) is 14.1. The number of rotatable bonds is 6. The van der Waals surface area contributed by atoms with Gasteiger partial charge in [0.1, 0.15) is 6.61 Å². The van der Waals surface area contributed by atoms with E-state index in [0.717, 1.165) is 22.9 Å². The highest BCUT2D eigenvalue weighted by atomic mass is 19.4. The Balaban J connectivity index is 1.94. The maximum absolute atomic E-state index is 14.5. The number of halogens is 5. The van der Waals surface area contributed by atoms with Crippen LogP contribution in [0, 0.1) is 18.6 Å². The van der Waals surface area contributed by atoms with E-state index in [0.29, 0.717) is 6.07 Å². The van der Waals surface area contributed by atoms with Crippen LogP contribution in [0.4, 0.5) is 22.0 Å². The Morgan fingerprint density at radius 3 is 2.33 bits per heavy atom. The van der Waals surface area contributed by atoms with Gasteiger partial charge in [-0.1, -0.05) is 24.3 Å². The molecule has 0 radical (unpaired) electrons. The summed E-state index contributed by atoms with van der Waals surface area (Å²) in [5, 5.41) is 3.26. The van der Waals surface area contributed by atoms with Gasteiger partial charge in [-0.2, -0.15) is 32.0 Å². The average Bonchev–Trinajstić information content (AvgIpc) is 3.05. The van der Waals surface area contributed by atoms with E-state index in [4.69, 9.17) is 14.2 Å². The molecule has 1 aromatic carbocycles. The molecule has 160 valence electrons. The zero-order valence-corrected chi connectivity index (χ0v) is 16.1. The van der Waals surface area contributed by atoms with Crippen molar-refractivity contribution in [2.75, 3.05) is 7.11 Å². The first-order valence-corrected chi connectivity index (χ1v) is 8.51. The second kappa shape index (κ2) is 8.17. The molecule has 0 amide bonds. The van der Waals surface area contributed by atoms with E-state index in [1.165, 1.54) is 7.05 Å². The van der Waals surface area contributed by atoms with Gasteiger partial charge in [-0.05, 0) is 18.1 Å². The minimum absolute atomic E-state index is 0.0885. The van der Waals surface area contributed by atoms with Gasteiger partial charge in [0.25, 0.3) is 11.8 Å². The first-order valence-electron chi connectivity index (χ1n) is 8.51. The van der Waals surface area contributed by atoms with Crippen LogP contribution in [-0.4, -0.2) is 21.9 Å². The molecule has 0 bridgehead atoms. The summed E-state index contributed by atoms with van der Waals surface area (Å²) in [5.41, 5.74) is 0.356. The Bertz CT molecular complexity index is 1070. The summed E-state index contributed by atoms with van der Waals surface area (Å²) in [6.45, 7) is 1.73. The molecule has 2 aromatic heterocycles. The van der Waals surface area contributed by atoms with E-state index < -0.39 is 46.9 Å². The smallest absolute Gasteiger partial charge is 0.435 e. The van der Waals surface area contributed by atoms with Gasteiger partial charge in [-0.3, -0.25) is 0 Å². The van der Waals surface area contributed by atoms with E-state index in [9.17, 15) is 22.0 Å². The number of pyridine rings is 1. The van der Waals surface area contributed by atoms with E-state index >= 15 is 0 Å². The number of aryl methyl sites for hydroxylation is 2. The summed E-state index contributed by atoms with van der Waals surface area (Å²) in [6, 6.07) is 7.71. The van der Waals surface area contributed by atoms with Crippen molar-refractivity contribution in [3.05, 3.63) is 58.8 Å². The topological polar surface area (TPSA) is 58.4 Å². The van der Waals surface area contributed by atoms with Gasteiger partial charge in [0.15, 0.2) is 5.69 Å². The molecule has 6 nitrogen and oxygen atoms in total. The molecule has 0 aliphatic rings. The SMILES string of the molecule is COc1c(F)c(OCc2ccccc2C)nc(Oc2cc(C(F)(F)F)nn2C)c1F. The Labute approximate surface area is 167 Å². The van der Waals surface area contributed by atoms with Crippen molar-refractivity contribution in [1.82, 2.24) is 14.8 Å². The fraction of sp³-hybridized carbons (Fsp3) is 0.263. The highest BCUT2D eigenvalue weighted by Crippen LogP contribution is 2.37. The largest absolute Gasteiger partial charge is 0.491 e. The molecule has 11 heteroatoms. The Morgan fingerprint density at radius 1 is 1.07 bits per heavy atom. The molecular formula is C19H16F5N3O3. The van der Waals surface area contributed by atoms with Crippen LogP contribution in [0.5, 0.6) is 23.4 Å². The fourth-order valence-corrected chi connectivity index (χ4v) is 2.52. The zero-order valence-electron chi connectivity index (χ0n) is 16.1. The molecular weight excluding hydrogens is 413 g/mol. The van der Waals surface area contributed by atoms with Crippen molar-refractivity contribution in [3.63, 3.8) is 0 Å². The quantitative estimate of drug-likeness (QED) is 0.527. The Kier molecular flexibility index (Phi) is 5.81. The van der Waals surface area contributed by atoms with E-state index in [1.807, 2.05) is 19.1 Å². The molecule has 0 atom stereocenters. The number of hydrogen-bond donors (Lipinski definition) is 0. The van der Waals surface area contributed by atoms with Crippen molar-refractivity contribution in [2.45, 2.75) is 19.7 Å². The lowest BCUT2D eigenvalue weighted by Gasteiger charge is -2.13. The number of hydrogen-bond acceptors (Lipinski definition) is 5. The predicted molar refractivity (Wildman–Crippen MR) is 94.5 cm³/mol. The van der Waals surface area contributed by atoms with Gasteiger partial charge >= 0.3 is 6.18 Å². The third-order valence-electron chi connectivity index (χ3n) is 4.14. The molecule has 2 heterocycles. The lowest BCUT2D eigenvalue weighted by molar-refractivity contribution is -0.141. The van der Waals surface area contributed by atoms with Crippen LogP contribution in [0.25, 0.3) is 0 Å². The van der Waals surface area contributed by atoms with Crippen LogP contribution < -0.4 is 14.2 Å². The van der Waals surface area contributed by atoms with Gasteiger partial charge in [-0.15, -0.1) is 0 Å². The fourth-order valence-electron chi connectivity index (χ4n) is 2.52. The van der Waals surface area contributed by atoms with Crippen molar-refractivity contribution in [1.29, 1.82) is 0 Å². The number of ether oxygens (including phenoxy) is 3. The van der Waals surface area contributed by atoms with Gasteiger partial charge in [0.2, 0.25) is 23.3 Å². The second-order valence-electron chi connectivity index (χ2n) is 6.19. The molecule has 0 saturated carbocycles. The summed E-state index contributed by atoms with van der Waals surface area (Å²) in [7, 11) is 2.18. The maximum atomic E-state index is 14.5. The van der Waals surface area contributed by atoms with Crippen molar-refractivity contribution in [2.24, 2.45) is 7.05 Å². The first kappa shape index (κ1) is 21.3. The molecule has 0 unspecified atom stereocenters. The van der Waals surface area contributed by atoms with Crippen LogP contribution in [0.15, 0.2) is 30.3 Å². The molecule has 3 aromatic rings. The highest BCUT2D eigenvalue weighted by Gasteiger charge is 2.35. The standard InChI is InChI=1S/C19H16F5N3O3/c1-10-6-4-5-7-11(10)9-29-17-14(20)16(28-3)15(21)18(25-17)30-13-8-12(19(22,23)24)26-27(13)2/h4-8H,9H2,1-3H3. The van der Waals surface area contributed by atoms with E-state index in [1.54, 1.807) is 12.1 Å². The molecule has 3 rings (SSSR count).